The molecule has 1 aromatic heterocycles. The van der Waals surface area contributed by atoms with Crippen LogP contribution in [0.5, 0.6) is 5.75 Å². The Balaban J connectivity index is 1.80. The van der Waals surface area contributed by atoms with Crippen molar-refractivity contribution in [2.45, 2.75) is 33.0 Å². The highest BCUT2D eigenvalue weighted by molar-refractivity contribution is 5.96. The molecule has 0 atom stereocenters. The van der Waals surface area contributed by atoms with Crippen LogP contribution in [0.1, 0.15) is 35.5 Å². The van der Waals surface area contributed by atoms with E-state index in [0.717, 1.165) is 11.3 Å². The largest absolute Gasteiger partial charge is 0.497 e. The van der Waals surface area contributed by atoms with Crippen LogP contribution >= 0.6 is 0 Å². The summed E-state index contributed by atoms with van der Waals surface area (Å²) in [6.07, 6.45) is 1.97. The maximum Gasteiger partial charge on any atom is 0.254 e. The SMILES string of the molecule is COc1ccc(C(=O)N(CC(=O)N(Cc2ccccc2)Cc2cccn2C)C(C)C)cc1. The van der Waals surface area contributed by atoms with Gasteiger partial charge in [0.2, 0.25) is 5.91 Å². The van der Waals surface area contributed by atoms with E-state index in [1.54, 1.807) is 41.2 Å². The zero-order valence-corrected chi connectivity index (χ0v) is 19.2. The number of methoxy groups -OCH3 is 1. The summed E-state index contributed by atoms with van der Waals surface area (Å²) in [4.78, 5) is 30.0. The molecule has 6 heteroatoms. The Kier molecular flexibility index (Phi) is 7.71. The van der Waals surface area contributed by atoms with E-state index in [4.69, 9.17) is 4.74 Å². The number of hydrogen-bond donors (Lipinski definition) is 0. The van der Waals surface area contributed by atoms with Crippen LogP contribution in [-0.2, 0) is 24.9 Å². The summed E-state index contributed by atoms with van der Waals surface area (Å²) in [6.45, 7) is 4.81. The second kappa shape index (κ2) is 10.7. The van der Waals surface area contributed by atoms with Gasteiger partial charge in [-0.25, -0.2) is 0 Å². The summed E-state index contributed by atoms with van der Waals surface area (Å²) in [5.41, 5.74) is 2.61. The molecule has 3 aromatic rings. The molecule has 0 aliphatic rings. The summed E-state index contributed by atoms with van der Waals surface area (Å²) in [5, 5.41) is 0. The van der Waals surface area contributed by atoms with Crippen molar-refractivity contribution in [2.24, 2.45) is 7.05 Å². The second-order valence-electron chi connectivity index (χ2n) is 8.10. The molecule has 0 N–H and O–H groups in total. The van der Waals surface area contributed by atoms with Gasteiger partial charge in [-0.05, 0) is 55.8 Å². The lowest BCUT2D eigenvalue weighted by molar-refractivity contribution is -0.133. The number of nitrogens with zero attached hydrogens (tertiary/aromatic N) is 3. The van der Waals surface area contributed by atoms with Crippen LogP contribution in [0.2, 0.25) is 0 Å². The van der Waals surface area contributed by atoms with E-state index in [-0.39, 0.29) is 24.4 Å². The lowest BCUT2D eigenvalue weighted by Gasteiger charge is -2.30. The molecule has 0 bridgehead atoms. The van der Waals surface area contributed by atoms with Crippen LogP contribution in [0.4, 0.5) is 0 Å². The average molecular weight is 434 g/mol. The summed E-state index contributed by atoms with van der Waals surface area (Å²) in [6, 6.07) is 20.7. The lowest BCUT2D eigenvalue weighted by atomic mass is 10.1. The van der Waals surface area contributed by atoms with E-state index in [9.17, 15) is 9.59 Å². The van der Waals surface area contributed by atoms with Crippen molar-refractivity contribution in [1.29, 1.82) is 0 Å². The molecule has 0 unspecified atom stereocenters. The molecule has 0 fully saturated rings. The Labute approximate surface area is 190 Å². The van der Waals surface area contributed by atoms with E-state index in [1.165, 1.54) is 0 Å². The van der Waals surface area contributed by atoms with E-state index in [1.807, 2.05) is 74.1 Å². The number of carbonyl (C=O) groups excluding carboxylic acids is 2. The Morgan fingerprint density at radius 2 is 1.62 bits per heavy atom. The van der Waals surface area contributed by atoms with Crippen LogP contribution in [0.3, 0.4) is 0 Å². The van der Waals surface area contributed by atoms with Gasteiger partial charge in [-0.1, -0.05) is 30.3 Å². The quantitative estimate of drug-likeness (QED) is 0.510. The molecule has 0 radical (unpaired) electrons. The number of ether oxygens (including phenoxy) is 1. The zero-order chi connectivity index (χ0) is 23.1. The molecule has 0 saturated carbocycles. The molecule has 1 heterocycles. The van der Waals surface area contributed by atoms with Crippen molar-refractivity contribution in [3.63, 3.8) is 0 Å². The first-order valence-corrected chi connectivity index (χ1v) is 10.8. The van der Waals surface area contributed by atoms with Crippen LogP contribution in [0.15, 0.2) is 72.9 Å². The van der Waals surface area contributed by atoms with E-state index in [0.29, 0.717) is 24.4 Å². The Bertz CT molecular complexity index is 1030. The van der Waals surface area contributed by atoms with Gasteiger partial charge in [0.25, 0.3) is 5.91 Å². The maximum atomic E-state index is 13.4. The summed E-state index contributed by atoms with van der Waals surface area (Å²) in [5.74, 6) is 0.422. The van der Waals surface area contributed by atoms with Crippen molar-refractivity contribution in [1.82, 2.24) is 14.4 Å². The van der Waals surface area contributed by atoms with E-state index >= 15 is 0 Å². The molecule has 0 aliphatic heterocycles. The van der Waals surface area contributed by atoms with Gasteiger partial charge in [-0.3, -0.25) is 9.59 Å². The molecular formula is C26H31N3O3. The third-order valence-corrected chi connectivity index (χ3v) is 5.50. The number of amides is 2. The minimum Gasteiger partial charge on any atom is -0.497 e. The van der Waals surface area contributed by atoms with E-state index in [2.05, 4.69) is 0 Å². The molecule has 2 amide bonds. The first-order valence-electron chi connectivity index (χ1n) is 10.8. The van der Waals surface area contributed by atoms with Gasteiger partial charge in [0.05, 0.1) is 13.7 Å². The fraction of sp³-hybridized carbons (Fsp3) is 0.308. The van der Waals surface area contributed by atoms with Gasteiger partial charge in [-0.2, -0.15) is 0 Å². The molecule has 6 nitrogen and oxygen atoms in total. The van der Waals surface area contributed by atoms with E-state index < -0.39 is 0 Å². The van der Waals surface area contributed by atoms with Gasteiger partial charge in [0.15, 0.2) is 0 Å². The van der Waals surface area contributed by atoms with Gasteiger partial charge < -0.3 is 19.1 Å². The predicted molar refractivity (Wildman–Crippen MR) is 125 cm³/mol. The summed E-state index contributed by atoms with van der Waals surface area (Å²) >= 11 is 0. The number of rotatable bonds is 9. The smallest absolute Gasteiger partial charge is 0.254 e. The first kappa shape index (κ1) is 23.1. The van der Waals surface area contributed by atoms with Crippen LogP contribution < -0.4 is 4.74 Å². The maximum absolute atomic E-state index is 13.4. The van der Waals surface area contributed by atoms with Gasteiger partial charge in [-0.15, -0.1) is 0 Å². The normalized spacial score (nSPS) is 10.8. The highest BCUT2D eigenvalue weighted by Crippen LogP contribution is 2.16. The van der Waals surface area contributed by atoms with Crippen molar-refractivity contribution in [3.05, 3.63) is 89.7 Å². The monoisotopic (exact) mass is 433 g/mol. The van der Waals surface area contributed by atoms with Gasteiger partial charge in [0, 0.05) is 37.1 Å². The third-order valence-electron chi connectivity index (χ3n) is 5.50. The van der Waals surface area contributed by atoms with Crippen LogP contribution in [0, 0.1) is 0 Å². The molecule has 2 aromatic carbocycles. The molecule has 0 spiro atoms. The highest BCUT2D eigenvalue weighted by atomic mass is 16.5. The predicted octanol–water partition coefficient (Wildman–Crippen LogP) is 4.11. The summed E-state index contributed by atoms with van der Waals surface area (Å²) < 4.78 is 7.19. The third kappa shape index (κ3) is 5.78. The number of hydrogen-bond acceptors (Lipinski definition) is 3. The number of aromatic nitrogens is 1. The second-order valence-corrected chi connectivity index (χ2v) is 8.10. The van der Waals surface area contributed by atoms with Gasteiger partial charge in [0.1, 0.15) is 12.3 Å². The van der Waals surface area contributed by atoms with Crippen LogP contribution in [0.25, 0.3) is 0 Å². The molecule has 3 rings (SSSR count). The minimum absolute atomic E-state index is 0.0137. The van der Waals surface area contributed by atoms with Crippen molar-refractivity contribution in [3.8, 4) is 5.75 Å². The Morgan fingerprint density at radius 1 is 0.938 bits per heavy atom. The summed E-state index contributed by atoms with van der Waals surface area (Å²) in [7, 11) is 3.55. The molecule has 32 heavy (non-hydrogen) atoms. The van der Waals surface area contributed by atoms with Crippen molar-refractivity contribution in [2.75, 3.05) is 13.7 Å². The lowest BCUT2D eigenvalue weighted by Crippen LogP contribution is -2.45. The average Bonchev–Trinajstić information content (AvgIpc) is 3.21. The number of carbonyl (C=O) groups is 2. The van der Waals surface area contributed by atoms with Crippen molar-refractivity contribution >= 4 is 11.8 Å². The molecular weight excluding hydrogens is 402 g/mol. The van der Waals surface area contributed by atoms with Crippen LogP contribution in [-0.4, -0.2) is 45.9 Å². The van der Waals surface area contributed by atoms with Gasteiger partial charge >= 0.3 is 0 Å². The molecule has 168 valence electrons. The topological polar surface area (TPSA) is 54.8 Å². The minimum atomic E-state index is -0.172. The fourth-order valence-electron chi connectivity index (χ4n) is 3.53. The molecule has 0 saturated heterocycles. The zero-order valence-electron chi connectivity index (χ0n) is 19.2. The van der Waals surface area contributed by atoms with Crippen molar-refractivity contribution < 1.29 is 14.3 Å². The first-order chi connectivity index (χ1) is 15.4. The number of aryl methyl sites for hydroxylation is 1. The highest BCUT2D eigenvalue weighted by Gasteiger charge is 2.25. The number of benzene rings is 2. The standard InChI is InChI=1S/C26H31N3O3/c1-20(2)29(26(31)22-12-14-24(32-4)15-13-22)19-25(30)28(17-21-9-6-5-7-10-21)18-23-11-8-16-27(23)3/h5-16,20H,17-19H2,1-4H3. The molecule has 0 aliphatic carbocycles. The Hall–Kier alpha value is -3.54. The fourth-order valence-corrected chi connectivity index (χ4v) is 3.53. The Morgan fingerprint density at radius 3 is 2.19 bits per heavy atom.